The molecule has 7 nitrogen and oxygen atoms in total. The Hall–Kier alpha value is -3.45. The molecular weight excluding hydrogens is 400 g/mol. The van der Waals surface area contributed by atoms with Crippen LogP contribution in [0, 0.1) is 0 Å². The highest BCUT2D eigenvalue weighted by molar-refractivity contribution is 5.72. The van der Waals surface area contributed by atoms with Crippen molar-refractivity contribution in [3.8, 4) is 11.4 Å². The van der Waals surface area contributed by atoms with Crippen molar-refractivity contribution in [1.82, 2.24) is 23.9 Å². The first kappa shape index (κ1) is 19.3. The highest BCUT2D eigenvalue weighted by Crippen LogP contribution is 2.45. The van der Waals surface area contributed by atoms with Crippen molar-refractivity contribution in [3.05, 3.63) is 71.7 Å². The highest BCUT2D eigenvalue weighted by Gasteiger charge is 2.42. The van der Waals surface area contributed by atoms with Crippen molar-refractivity contribution >= 4 is 17.4 Å². The molecule has 2 aliphatic rings. The number of allylic oxidation sites excluding steroid dienone is 1. The minimum Gasteiger partial charge on any atom is -0.390 e. The van der Waals surface area contributed by atoms with Crippen LogP contribution in [-0.4, -0.2) is 34.6 Å². The lowest BCUT2D eigenvalue weighted by atomic mass is 9.72. The monoisotopic (exact) mass is 426 g/mol. The van der Waals surface area contributed by atoms with Crippen molar-refractivity contribution in [1.29, 1.82) is 0 Å². The van der Waals surface area contributed by atoms with E-state index in [1.165, 1.54) is 0 Å². The van der Waals surface area contributed by atoms with Gasteiger partial charge in [0.05, 0.1) is 22.7 Å². The molecular formula is C25H26N6O. The van der Waals surface area contributed by atoms with E-state index in [-0.39, 0.29) is 11.8 Å². The zero-order chi connectivity index (χ0) is 22.0. The molecule has 0 bridgehead atoms. The molecule has 0 aliphatic heterocycles. The van der Waals surface area contributed by atoms with Gasteiger partial charge in [0.15, 0.2) is 0 Å². The predicted octanol–water partition coefficient (Wildman–Crippen LogP) is 3.69. The third kappa shape index (κ3) is 2.88. The van der Waals surface area contributed by atoms with Crippen molar-refractivity contribution in [2.75, 3.05) is 5.73 Å². The Morgan fingerprint density at radius 2 is 1.94 bits per heavy atom. The Balaban J connectivity index is 1.40. The zero-order valence-corrected chi connectivity index (χ0v) is 18.2. The molecule has 1 saturated carbocycles. The maximum absolute atomic E-state index is 10.3. The largest absolute Gasteiger partial charge is 0.390 e. The normalized spacial score (nSPS) is 24.5. The first-order valence-electron chi connectivity index (χ1n) is 11.1. The van der Waals surface area contributed by atoms with Gasteiger partial charge < -0.3 is 15.4 Å². The minimum absolute atomic E-state index is 0.0665. The Kier molecular flexibility index (Phi) is 4.07. The van der Waals surface area contributed by atoms with Crippen LogP contribution < -0.4 is 5.73 Å². The second-order valence-corrected chi connectivity index (χ2v) is 9.35. The van der Waals surface area contributed by atoms with Gasteiger partial charge in [-0.25, -0.2) is 15.0 Å². The van der Waals surface area contributed by atoms with Gasteiger partial charge in [0.1, 0.15) is 23.0 Å². The summed E-state index contributed by atoms with van der Waals surface area (Å²) in [7, 11) is 2.06. The van der Waals surface area contributed by atoms with Crippen LogP contribution in [0.1, 0.15) is 54.5 Å². The Labute approximate surface area is 186 Å². The number of nitrogen functional groups attached to an aromatic ring is 1. The summed E-state index contributed by atoms with van der Waals surface area (Å²) in [5.74, 6) is 2.69. The van der Waals surface area contributed by atoms with Gasteiger partial charge in [-0.2, -0.15) is 0 Å². The molecule has 1 unspecified atom stereocenters. The molecule has 6 rings (SSSR count). The fourth-order valence-electron chi connectivity index (χ4n) is 5.29. The number of benzene rings is 1. The standard InChI is InChI=1S/C25H26N6O/c1-25(32)13-17(14-25)24-29-20(21-22(26)27-10-11-31(21)24)16-8-9-19-18(12-16)28-23(30(19)2)15-6-4-3-5-7-15/h3-11,16-17,32H,12-14H2,1-2H3,(H2,26,27). The molecule has 1 aromatic carbocycles. The topological polar surface area (TPSA) is 94.3 Å². The second kappa shape index (κ2) is 6.77. The van der Waals surface area contributed by atoms with Gasteiger partial charge in [0.2, 0.25) is 0 Å². The lowest BCUT2D eigenvalue weighted by molar-refractivity contribution is -0.0335. The molecule has 3 N–H and O–H groups in total. The van der Waals surface area contributed by atoms with Crippen LogP contribution >= 0.6 is 0 Å². The van der Waals surface area contributed by atoms with Gasteiger partial charge >= 0.3 is 0 Å². The maximum atomic E-state index is 10.3. The van der Waals surface area contributed by atoms with Crippen molar-refractivity contribution in [2.45, 2.75) is 43.6 Å². The molecule has 7 heteroatoms. The third-order valence-corrected chi connectivity index (χ3v) is 6.87. The molecule has 1 fully saturated rings. The van der Waals surface area contributed by atoms with E-state index in [1.807, 2.05) is 31.3 Å². The molecule has 1 atom stereocenters. The van der Waals surface area contributed by atoms with Gasteiger partial charge in [0.25, 0.3) is 0 Å². The fraction of sp³-hybridized carbons (Fsp3) is 0.320. The Bertz CT molecular complexity index is 1360. The number of hydrogen-bond acceptors (Lipinski definition) is 5. The average Bonchev–Trinajstić information content (AvgIpc) is 3.31. The number of nitrogens with zero attached hydrogens (tertiary/aromatic N) is 5. The van der Waals surface area contributed by atoms with E-state index in [1.54, 1.807) is 6.20 Å². The Morgan fingerprint density at radius 1 is 1.16 bits per heavy atom. The van der Waals surface area contributed by atoms with Gasteiger partial charge in [-0.05, 0) is 25.8 Å². The van der Waals surface area contributed by atoms with Crippen LogP contribution in [-0.2, 0) is 13.5 Å². The van der Waals surface area contributed by atoms with Crippen molar-refractivity contribution < 1.29 is 5.11 Å². The number of nitrogens with two attached hydrogens (primary N) is 1. The number of aromatic nitrogens is 5. The summed E-state index contributed by atoms with van der Waals surface area (Å²) < 4.78 is 4.22. The van der Waals surface area contributed by atoms with Gasteiger partial charge in [-0.15, -0.1) is 0 Å². The molecule has 3 aromatic heterocycles. The predicted molar refractivity (Wildman–Crippen MR) is 124 cm³/mol. The average molecular weight is 427 g/mol. The first-order chi connectivity index (χ1) is 15.4. The number of anilines is 1. The molecule has 0 saturated heterocycles. The lowest BCUT2D eigenvalue weighted by Crippen LogP contribution is -2.40. The number of imidazole rings is 2. The van der Waals surface area contributed by atoms with E-state index in [2.05, 4.69) is 45.3 Å². The van der Waals surface area contributed by atoms with Crippen LogP contribution in [0.25, 0.3) is 23.0 Å². The van der Waals surface area contributed by atoms with Gasteiger partial charge in [0, 0.05) is 43.3 Å². The second-order valence-electron chi connectivity index (χ2n) is 9.35. The van der Waals surface area contributed by atoms with Gasteiger partial charge in [-0.3, -0.25) is 4.40 Å². The summed E-state index contributed by atoms with van der Waals surface area (Å²) in [5, 5.41) is 10.3. The van der Waals surface area contributed by atoms with E-state index in [4.69, 9.17) is 15.7 Å². The highest BCUT2D eigenvalue weighted by atomic mass is 16.3. The summed E-state index contributed by atoms with van der Waals surface area (Å²) in [4.78, 5) is 14.4. The van der Waals surface area contributed by atoms with Crippen molar-refractivity contribution in [3.63, 3.8) is 0 Å². The minimum atomic E-state index is -0.614. The summed E-state index contributed by atoms with van der Waals surface area (Å²) in [6.45, 7) is 1.88. The smallest absolute Gasteiger partial charge is 0.149 e. The number of aliphatic hydroxyl groups is 1. The first-order valence-corrected chi connectivity index (χ1v) is 11.1. The third-order valence-electron chi connectivity index (χ3n) is 6.87. The van der Waals surface area contributed by atoms with Crippen molar-refractivity contribution in [2.24, 2.45) is 7.05 Å². The maximum Gasteiger partial charge on any atom is 0.149 e. The van der Waals surface area contributed by atoms with Gasteiger partial charge in [-0.1, -0.05) is 36.4 Å². The molecule has 3 heterocycles. The summed E-state index contributed by atoms with van der Waals surface area (Å²) >= 11 is 0. The SMILES string of the molecule is Cn1c(-c2ccccc2)nc2c1C=CC(c1nc(C3CC(C)(O)C3)n3ccnc(N)c13)C2. The van der Waals surface area contributed by atoms with Crippen LogP contribution in [0.4, 0.5) is 5.82 Å². The summed E-state index contributed by atoms with van der Waals surface area (Å²) in [5.41, 5.74) is 10.8. The number of rotatable bonds is 3. The molecule has 162 valence electrons. The van der Waals surface area contributed by atoms with E-state index in [0.29, 0.717) is 18.7 Å². The molecule has 0 radical (unpaired) electrons. The number of fused-ring (bicyclic) bond motifs is 2. The van der Waals surface area contributed by atoms with E-state index in [0.717, 1.165) is 46.2 Å². The quantitative estimate of drug-likeness (QED) is 0.521. The fourth-order valence-corrected chi connectivity index (χ4v) is 5.29. The van der Waals surface area contributed by atoms with Crippen LogP contribution in [0.3, 0.4) is 0 Å². The molecule has 2 aliphatic carbocycles. The van der Waals surface area contributed by atoms with E-state index in [9.17, 15) is 5.11 Å². The van der Waals surface area contributed by atoms with Crippen LogP contribution in [0.2, 0.25) is 0 Å². The lowest BCUT2D eigenvalue weighted by Gasteiger charge is -2.40. The molecule has 0 spiro atoms. The van der Waals surface area contributed by atoms with Crippen LogP contribution in [0.15, 0.2) is 48.8 Å². The number of hydrogen-bond donors (Lipinski definition) is 2. The molecule has 32 heavy (non-hydrogen) atoms. The van der Waals surface area contributed by atoms with E-state index >= 15 is 0 Å². The zero-order valence-electron chi connectivity index (χ0n) is 18.2. The Morgan fingerprint density at radius 3 is 2.69 bits per heavy atom. The summed E-state index contributed by atoms with van der Waals surface area (Å²) in [6, 6.07) is 10.3. The molecule has 0 amide bonds. The summed E-state index contributed by atoms with van der Waals surface area (Å²) in [6.07, 6.45) is 10.2. The van der Waals surface area contributed by atoms with Crippen LogP contribution in [0.5, 0.6) is 0 Å². The molecule has 4 aromatic rings. The van der Waals surface area contributed by atoms with E-state index < -0.39 is 5.60 Å².